The molecule has 0 aliphatic heterocycles. The Morgan fingerprint density at radius 2 is 1.66 bits per heavy atom. The van der Waals surface area contributed by atoms with Crippen molar-refractivity contribution in [1.82, 2.24) is 10.3 Å². The van der Waals surface area contributed by atoms with Gasteiger partial charge in [-0.05, 0) is 24.1 Å². The maximum Gasteiger partial charge on any atom is 0.329 e. The van der Waals surface area contributed by atoms with Crippen molar-refractivity contribution in [3.63, 3.8) is 0 Å². The summed E-state index contributed by atoms with van der Waals surface area (Å²) in [6, 6.07) is 11.2. The number of hydrogen-bond acceptors (Lipinski definition) is 6. The molecule has 0 bridgehead atoms. The minimum absolute atomic E-state index is 0.262. The van der Waals surface area contributed by atoms with E-state index >= 15 is 0 Å². The van der Waals surface area contributed by atoms with Crippen LogP contribution in [0.5, 0.6) is 11.5 Å². The first-order valence-corrected chi connectivity index (χ1v) is 10.1. The summed E-state index contributed by atoms with van der Waals surface area (Å²) in [7, 11) is 2.96. The molecule has 1 heterocycles. The smallest absolute Gasteiger partial charge is 0.329 e. The van der Waals surface area contributed by atoms with Gasteiger partial charge in [-0.15, -0.1) is 0 Å². The third-order valence-electron chi connectivity index (χ3n) is 5.06. The van der Waals surface area contributed by atoms with E-state index in [-0.39, 0.29) is 17.3 Å². The van der Waals surface area contributed by atoms with Crippen molar-refractivity contribution in [2.24, 2.45) is 5.92 Å². The number of H-pyrrole nitrogens is 1. The number of amides is 1. The third kappa shape index (κ3) is 5.08. The molecule has 0 radical (unpaired) electrons. The predicted octanol–water partition coefficient (Wildman–Crippen LogP) is 3.37. The first-order valence-electron chi connectivity index (χ1n) is 10.1. The number of carbonyl (C=O) groups is 3. The zero-order valence-electron chi connectivity index (χ0n) is 18.4. The number of ether oxygens (including phenoxy) is 3. The maximum absolute atomic E-state index is 12.8. The van der Waals surface area contributed by atoms with Crippen molar-refractivity contribution >= 4 is 28.6 Å². The monoisotopic (exact) mass is 438 g/mol. The summed E-state index contributed by atoms with van der Waals surface area (Å²) in [5.41, 5.74) is 1.54. The molecule has 0 saturated carbocycles. The number of rotatable bonds is 9. The summed E-state index contributed by atoms with van der Waals surface area (Å²) < 4.78 is 15.6. The topological polar surface area (TPSA) is 107 Å². The van der Waals surface area contributed by atoms with Crippen LogP contribution in [-0.2, 0) is 9.53 Å². The number of esters is 1. The quantitative estimate of drug-likeness (QED) is 0.392. The standard InChI is InChI=1S/C24H26N2O6/c1-14(2)22(26-23(28)15-9-16(30-3)11-17(10-15)31-4)24(29)32-13-21(27)19-12-25-20-8-6-5-7-18(19)20/h5-12,14,22,25H,13H2,1-4H3,(H,26,28)/t22-/m0/s1. The lowest BCUT2D eigenvalue weighted by Crippen LogP contribution is -2.45. The largest absolute Gasteiger partial charge is 0.497 e. The van der Waals surface area contributed by atoms with E-state index < -0.39 is 24.5 Å². The van der Waals surface area contributed by atoms with Crippen LogP contribution in [0.4, 0.5) is 0 Å². The zero-order chi connectivity index (χ0) is 23.3. The molecule has 2 aromatic carbocycles. The van der Waals surface area contributed by atoms with E-state index in [0.717, 1.165) is 10.9 Å². The normalized spacial score (nSPS) is 11.8. The highest BCUT2D eigenvalue weighted by Crippen LogP contribution is 2.23. The minimum Gasteiger partial charge on any atom is -0.497 e. The molecule has 2 N–H and O–H groups in total. The van der Waals surface area contributed by atoms with Gasteiger partial charge in [-0.25, -0.2) is 4.79 Å². The Morgan fingerprint density at radius 1 is 1.00 bits per heavy atom. The van der Waals surface area contributed by atoms with Gasteiger partial charge < -0.3 is 24.5 Å². The number of aromatic amines is 1. The van der Waals surface area contributed by atoms with E-state index in [4.69, 9.17) is 14.2 Å². The van der Waals surface area contributed by atoms with Crippen LogP contribution < -0.4 is 14.8 Å². The van der Waals surface area contributed by atoms with Crippen LogP contribution in [0.15, 0.2) is 48.7 Å². The second-order valence-electron chi connectivity index (χ2n) is 7.58. The third-order valence-corrected chi connectivity index (χ3v) is 5.06. The van der Waals surface area contributed by atoms with Crippen LogP contribution >= 0.6 is 0 Å². The average molecular weight is 438 g/mol. The number of benzene rings is 2. The molecule has 0 aliphatic rings. The minimum atomic E-state index is -0.935. The van der Waals surface area contributed by atoms with Gasteiger partial charge in [0.25, 0.3) is 5.91 Å². The van der Waals surface area contributed by atoms with Crippen molar-refractivity contribution in [2.45, 2.75) is 19.9 Å². The Hall–Kier alpha value is -3.81. The fraction of sp³-hybridized carbons (Fsp3) is 0.292. The predicted molar refractivity (Wildman–Crippen MR) is 119 cm³/mol. The number of ketones is 1. The van der Waals surface area contributed by atoms with Crippen molar-refractivity contribution in [3.8, 4) is 11.5 Å². The Balaban J connectivity index is 1.68. The SMILES string of the molecule is COc1cc(OC)cc(C(=O)N[C@H](C(=O)OCC(=O)c2c[nH]c3ccccc23)C(C)C)c1. The number of hydrogen-bond donors (Lipinski definition) is 2. The summed E-state index contributed by atoms with van der Waals surface area (Å²) >= 11 is 0. The molecule has 168 valence electrons. The molecule has 1 amide bonds. The number of aromatic nitrogens is 1. The van der Waals surface area contributed by atoms with Crippen LogP contribution in [0, 0.1) is 5.92 Å². The molecule has 1 aromatic heterocycles. The molecule has 3 rings (SSSR count). The van der Waals surface area contributed by atoms with Gasteiger partial charge >= 0.3 is 5.97 Å². The van der Waals surface area contributed by atoms with E-state index in [1.54, 1.807) is 38.2 Å². The Bertz CT molecular complexity index is 1110. The van der Waals surface area contributed by atoms with Crippen LogP contribution in [-0.4, -0.2) is 49.5 Å². The average Bonchev–Trinajstić information content (AvgIpc) is 3.24. The first kappa shape index (κ1) is 22.9. The highest BCUT2D eigenvalue weighted by Gasteiger charge is 2.27. The molecule has 0 fully saturated rings. The molecular weight excluding hydrogens is 412 g/mol. The van der Waals surface area contributed by atoms with Gasteiger partial charge in [0.1, 0.15) is 17.5 Å². The van der Waals surface area contributed by atoms with E-state index in [1.807, 2.05) is 24.3 Å². The lowest BCUT2D eigenvalue weighted by atomic mass is 10.0. The lowest BCUT2D eigenvalue weighted by Gasteiger charge is -2.21. The number of Topliss-reactive ketones (excluding diaryl/α,β-unsaturated/α-hetero) is 1. The highest BCUT2D eigenvalue weighted by molar-refractivity contribution is 6.09. The molecule has 8 nitrogen and oxygen atoms in total. The summed E-state index contributed by atoms with van der Waals surface area (Å²) in [6.45, 7) is 3.13. The molecule has 0 aliphatic carbocycles. The Morgan fingerprint density at radius 3 is 2.28 bits per heavy atom. The van der Waals surface area contributed by atoms with Crippen molar-refractivity contribution in [1.29, 1.82) is 0 Å². The lowest BCUT2D eigenvalue weighted by molar-refractivity contribution is -0.145. The van der Waals surface area contributed by atoms with Crippen LogP contribution in [0.3, 0.4) is 0 Å². The van der Waals surface area contributed by atoms with Crippen LogP contribution in [0.25, 0.3) is 10.9 Å². The van der Waals surface area contributed by atoms with E-state index in [2.05, 4.69) is 10.3 Å². The number of methoxy groups -OCH3 is 2. The van der Waals surface area contributed by atoms with Gasteiger partial charge in [-0.3, -0.25) is 9.59 Å². The molecule has 0 saturated heterocycles. The Kier molecular flexibility index (Phi) is 7.14. The van der Waals surface area contributed by atoms with Gasteiger partial charge in [0.2, 0.25) is 5.78 Å². The molecular formula is C24H26N2O6. The van der Waals surface area contributed by atoms with Gasteiger partial charge in [0.15, 0.2) is 6.61 Å². The zero-order valence-corrected chi connectivity index (χ0v) is 18.4. The summed E-state index contributed by atoms with van der Waals surface area (Å²) in [4.78, 5) is 41.1. The molecule has 0 spiro atoms. The molecule has 8 heteroatoms. The first-order chi connectivity index (χ1) is 15.3. The van der Waals surface area contributed by atoms with Crippen molar-refractivity contribution in [2.75, 3.05) is 20.8 Å². The summed E-state index contributed by atoms with van der Waals surface area (Å²) in [5.74, 6) is -0.869. The molecule has 32 heavy (non-hydrogen) atoms. The molecule has 0 unspecified atom stereocenters. The van der Waals surface area contributed by atoms with Crippen LogP contribution in [0.2, 0.25) is 0 Å². The Labute approximate surface area is 185 Å². The van der Waals surface area contributed by atoms with Crippen LogP contribution in [0.1, 0.15) is 34.6 Å². The van der Waals surface area contributed by atoms with E-state index in [0.29, 0.717) is 17.1 Å². The van der Waals surface area contributed by atoms with Gasteiger partial charge in [-0.1, -0.05) is 32.0 Å². The van der Waals surface area contributed by atoms with E-state index in [9.17, 15) is 14.4 Å². The van der Waals surface area contributed by atoms with Crippen molar-refractivity contribution < 1.29 is 28.6 Å². The fourth-order valence-corrected chi connectivity index (χ4v) is 3.27. The number of carbonyl (C=O) groups excluding carboxylic acids is 3. The van der Waals surface area contributed by atoms with Gasteiger partial charge in [-0.2, -0.15) is 0 Å². The summed E-state index contributed by atoms with van der Waals surface area (Å²) in [5, 5.41) is 3.44. The second-order valence-corrected chi connectivity index (χ2v) is 7.58. The second kappa shape index (κ2) is 10.00. The van der Waals surface area contributed by atoms with E-state index in [1.165, 1.54) is 14.2 Å². The number of fused-ring (bicyclic) bond motifs is 1. The maximum atomic E-state index is 12.8. The van der Waals surface area contributed by atoms with Gasteiger partial charge in [0.05, 0.1) is 14.2 Å². The molecule has 3 aromatic rings. The number of para-hydroxylation sites is 1. The molecule has 1 atom stereocenters. The number of nitrogens with one attached hydrogen (secondary N) is 2. The van der Waals surface area contributed by atoms with Crippen molar-refractivity contribution in [3.05, 3.63) is 59.8 Å². The van der Waals surface area contributed by atoms with Gasteiger partial charge in [0, 0.05) is 34.3 Å². The highest BCUT2D eigenvalue weighted by atomic mass is 16.5. The summed E-state index contributed by atoms with van der Waals surface area (Å²) in [6.07, 6.45) is 1.60. The fourth-order valence-electron chi connectivity index (χ4n) is 3.27.